The monoisotopic (exact) mass is 204 g/mol. The summed E-state index contributed by atoms with van der Waals surface area (Å²) in [5.41, 5.74) is 0.475. The predicted octanol–water partition coefficient (Wildman–Crippen LogP) is 2.71. The summed E-state index contributed by atoms with van der Waals surface area (Å²) < 4.78 is 39.2. The molecule has 1 rings (SSSR count). The molecule has 0 aliphatic carbocycles. The van der Waals surface area contributed by atoms with Crippen molar-refractivity contribution in [3.05, 3.63) is 29.3 Å². The number of aldehydes is 1. The van der Waals surface area contributed by atoms with Gasteiger partial charge in [-0.1, -0.05) is 6.07 Å². The number of alkyl halides is 3. The van der Waals surface area contributed by atoms with E-state index in [0.29, 0.717) is 11.8 Å². The van der Waals surface area contributed by atoms with Gasteiger partial charge in [0.05, 0.1) is 5.56 Å². The van der Waals surface area contributed by atoms with Crippen molar-refractivity contribution in [1.29, 1.82) is 0 Å². The minimum Gasteiger partial charge on any atom is -0.405 e. The van der Waals surface area contributed by atoms with E-state index in [1.54, 1.807) is 6.92 Å². The Kier molecular flexibility index (Phi) is 2.78. The van der Waals surface area contributed by atoms with Gasteiger partial charge < -0.3 is 4.74 Å². The summed E-state index contributed by atoms with van der Waals surface area (Å²) in [6, 6.07) is 3.98. The quantitative estimate of drug-likeness (QED) is 0.692. The first-order valence-corrected chi connectivity index (χ1v) is 3.74. The van der Waals surface area contributed by atoms with E-state index in [9.17, 15) is 18.0 Å². The number of carbonyl (C=O) groups is 1. The van der Waals surface area contributed by atoms with Crippen LogP contribution in [-0.2, 0) is 0 Å². The second-order valence-electron chi connectivity index (χ2n) is 2.71. The molecule has 0 saturated carbocycles. The van der Waals surface area contributed by atoms with Crippen molar-refractivity contribution >= 4 is 6.29 Å². The fraction of sp³-hybridized carbons (Fsp3) is 0.222. The van der Waals surface area contributed by atoms with Crippen molar-refractivity contribution in [3.63, 3.8) is 0 Å². The molecule has 0 fully saturated rings. The molecule has 1 aromatic carbocycles. The van der Waals surface area contributed by atoms with Crippen molar-refractivity contribution in [3.8, 4) is 5.75 Å². The van der Waals surface area contributed by atoms with Crippen molar-refractivity contribution in [2.75, 3.05) is 0 Å². The zero-order valence-electron chi connectivity index (χ0n) is 7.26. The van der Waals surface area contributed by atoms with Crippen LogP contribution in [0.1, 0.15) is 15.9 Å². The predicted molar refractivity (Wildman–Crippen MR) is 43.2 cm³/mol. The lowest BCUT2D eigenvalue weighted by Crippen LogP contribution is -2.18. The van der Waals surface area contributed by atoms with Crippen LogP contribution in [0.3, 0.4) is 0 Å². The van der Waals surface area contributed by atoms with Gasteiger partial charge in [-0.3, -0.25) is 4.79 Å². The third-order valence-corrected chi connectivity index (χ3v) is 1.52. The molecule has 2 nitrogen and oxygen atoms in total. The SMILES string of the molecule is Cc1ccc(C=O)c(OC(F)(F)F)c1. The number of rotatable bonds is 2. The molecule has 0 aliphatic heterocycles. The minimum atomic E-state index is -4.77. The number of carbonyl (C=O) groups excluding carboxylic acids is 1. The third kappa shape index (κ3) is 2.76. The summed E-state index contributed by atoms with van der Waals surface area (Å²) >= 11 is 0. The van der Waals surface area contributed by atoms with Gasteiger partial charge in [-0.25, -0.2) is 0 Å². The molecular formula is C9H7F3O2. The molecule has 14 heavy (non-hydrogen) atoms. The fourth-order valence-electron chi connectivity index (χ4n) is 0.952. The van der Waals surface area contributed by atoms with E-state index in [1.165, 1.54) is 12.1 Å². The minimum absolute atomic E-state index is 0.118. The molecule has 0 atom stereocenters. The molecule has 76 valence electrons. The van der Waals surface area contributed by atoms with E-state index < -0.39 is 12.1 Å². The van der Waals surface area contributed by atoms with Crippen molar-refractivity contribution in [1.82, 2.24) is 0 Å². The second-order valence-corrected chi connectivity index (χ2v) is 2.71. The van der Waals surface area contributed by atoms with E-state index in [-0.39, 0.29) is 5.56 Å². The molecule has 0 aromatic heterocycles. The van der Waals surface area contributed by atoms with Crippen LogP contribution >= 0.6 is 0 Å². The normalized spacial score (nSPS) is 11.1. The summed E-state index contributed by atoms with van der Waals surface area (Å²) in [7, 11) is 0. The Balaban J connectivity index is 3.05. The average molecular weight is 204 g/mol. The van der Waals surface area contributed by atoms with Crippen LogP contribution < -0.4 is 4.74 Å². The standard InChI is InChI=1S/C9H7F3O2/c1-6-2-3-7(5-13)8(4-6)14-9(10,11)12/h2-5H,1H3. The van der Waals surface area contributed by atoms with Gasteiger partial charge in [0.1, 0.15) is 5.75 Å². The van der Waals surface area contributed by atoms with Crippen molar-refractivity contribution in [2.45, 2.75) is 13.3 Å². The Bertz CT molecular complexity index is 344. The summed E-state index contributed by atoms with van der Waals surface area (Å²) in [6.45, 7) is 1.61. The smallest absolute Gasteiger partial charge is 0.405 e. The second kappa shape index (κ2) is 3.69. The van der Waals surface area contributed by atoms with Crippen LogP contribution in [0.5, 0.6) is 5.75 Å². The van der Waals surface area contributed by atoms with Gasteiger partial charge in [0, 0.05) is 0 Å². The third-order valence-electron chi connectivity index (χ3n) is 1.52. The van der Waals surface area contributed by atoms with Crippen LogP contribution in [0.2, 0.25) is 0 Å². The van der Waals surface area contributed by atoms with Crippen LogP contribution in [0.4, 0.5) is 13.2 Å². The van der Waals surface area contributed by atoms with Crippen molar-refractivity contribution < 1.29 is 22.7 Å². The molecule has 0 amide bonds. The molecule has 5 heteroatoms. The van der Waals surface area contributed by atoms with Crippen LogP contribution in [0, 0.1) is 6.92 Å². The lowest BCUT2D eigenvalue weighted by atomic mass is 10.1. The first-order valence-electron chi connectivity index (χ1n) is 3.74. The van der Waals surface area contributed by atoms with Crippen LogP contribution in [0.15, 0.2) is 18.2 Å². The van der Waals surface area contributed by atoms with Gasteiger partial charge in [-0.15, -0.1) is 13.2 Å². The molecule has 0 N–H and O–H groups in total. The van der Waals surface area contributed by atoms with Gasteiger partial charge in [0.15, 0.2) is 6.29 Å². The Labute approximate surface area is 78.3 Å². The Morgan fingerprint density at radius 2 is 2.00 bits per heavy atom. The highest BCUT2D eigenvalue weighted by molar-refractivity contribution is 5.79. The van der Waals surface area contributed by atoms with Crippen LogP contribution in [-0.4, -0.2) is 12.6 Å². The number of hydrogen-bond donors (Lipinski definition) is 0. The Morgan fingerprint density at radius 3 is 2.50 bits per heavy atom. The maximum absolute atomic E-state index is 11.9. The summed E-state index contributed by atoms with van der Waals surface area (Å²) in [5.74, 6) is -0.465. The number of benzene rings is 1. The zero-order chi connectivity index (χ0) is 10.8. The fourth-order valence-corrected chi connectivity index (χ4v) is 0.952. The maximum Gasteiger partial charge on any atom is 0.573 e. The van der Waals surface area contributed by atoms with E-state index in [1.807, 2.05) is 0 Å². The molecule has 0 saturated heterocycles. The Morgan fingerprint density at radius 1 is 1.36 bits per heavy atom. The Hall–Kier alpha value is -1.52. The van der Waals surface area contributed by atoms with Gasteiger partial charge in [-0.2, -0.15) is 0 Å². The van der Waals surface area contributed by atoms with Crippen molar-refractivity contribution in [2.24, 2.45) is 0 Å². The van der Waals surface area contributed by atoms with Gasteiger partial charge >= 0.3 is 6.36 Å². The van der Waals surface area contributed by atoms with Gasteiger partial charge in [-0.05, 0) is 24.6 Å². The average Bonchev–Trinajstić information content (AvgIpc) is 2.01. The molecule has 0 radical (unpaired) electrons. The zero-order valence-corrected chi connectivity index (χ0v) is 7.26. The van der Waals surface area contributed by atoms with E-state index in [4.69, 9.17) is 0 Å². The molecule has 0 aliphatic rings. The summed E-state index contributed by atoms with van der Waals surface area (Å²) in [4.78, 5) is 10.4. The highest BCUT2D eigenvalue weighted by Crippen LogP contribution is 2.26. The highest BCUT2D eigenvalue weighted by atomic mass is 19.4. The first-order chi connectivity index (χ1) is 6.42. The summed E-state index contributed by atoms with van der Waals surface area (Å²) in [5, 5.41) is 0. The molecule has 0 spiro atoms. The number of hydrogen-bond acceptors (Lipinski definition) is 2. The van der Waals surface area contributed by atoms with Gasteiger partial charge in [0.2, 0.25) is 0 Å². The molecule has 1 aromatic rings. The first kappa shape index (κ1) is 10.6. The van der Waals surface area contributed by atoms with E-state index in [2.05, 4.69) is 4.74 Å². The van der Waals surface area contributed by atoms with E-state index >= 15 is 0 Å². The largest absolute Gasteiger partial charge is 0.573 e. The van der Waals surface area contributed by atoms with E-state index in [0.717, 1.165) is 6.07 Å². The molecule has 0 unspecified atom stereocenters. The maximum atomic E-state index is 11.9. The molecule has 0 bridgehead atoms. The number of ether oxygens (including phenoxy) is 1. The summed E-state index contributed by atoms with van der Waals surface area (Å²) in [6.07, 6.45) is -4.45. The lowest BCUT2D eigenvalue weighted by molar-refractivity contribution is -0.274. The number of halogens is 3. The van der Waals surface area contributed by atoms with Crippen LogP contribution in [0.25, 0.3) is 0 Å². The van der Waals surface area contributed by atoms with Gasteiger partial charge in [0.25, 0.3) is 0 Å². The molecular weight excluding hydrogens is 197 g/mol. The number of aryl methyl sites for hydroxylation is 1. The molecule has 0 heterocycles. The topological polar surface area (TPSA) is 26.3 Å². The highest BCUT2D eigenvalue weighted by Gasteiger charge is 2.32. The lowest BCUT2D eigenvalue weighted by Gasteiger charge is -2.10.